The van der Waals surface area contributed by atoms with E-state index in [1.54, 1.807) is 24.1 Å². The van der Waals surface area contributed by atoms with E-state index in [4.69, 9.17) is 5.73 Å². The van der Waals surface area contributed by atoms with Crippen LogP contribution in [0.2, 0.25) is 0 Å². The predicted octanol–water partition coefficient (Wildman–Crippen LogP) is 2.39. The SMILES string of the molecule is CC(C)C(N)CCN(C)C(=O)Cc1ccc([N+](=O)[O-])cc1.Cl. The van der Waals surface area contributed by atoms with Crippen molar-refractivity contribution >= 4 is 24.0 Å². The Morgan fingerprint density at radius 2 is 1.86 bits per heavy atom. The van der Waals surface area contributed by atoms with Gasteiger partial charge < -0.3 is 10.6 Å². The molecule has 0 bridgehead atoms. The normalized spacial score (nSPS) is 11.7. The van der Waals surface area contributed by atoms with Crippen LogP contribution in [0.4, 0.5) is 5.69 Å². The lowest BCUT2D eigenvalue weighted by atomic mass is 10.0. The molecule has 2 N–H and O–H groups in total. The summed E-state index contributed by atoms with van der Waals surface area (Å²) in [5.41, 5.74) is 6.76. The zero-order valence-electron chi connectivity index (χ0n) is 13.2. The van der Waals surface area contributed by atoms with Crippen LogP contribution in [0.1, 0.15) is 25.8 Å². The van der Waals surface area contributed by atoms with Crippen molar-refractivity contribution in [2.75, 3.05) is 13.6 Å². The Kier molecular flexibility index (Phi) is 8.67. The van der Waals surface area contributed by atoms with Gasteiger partial charge in [-0.15, -0.1) is 12.4 Å². The van der Waals surface area contributed by atoms with E-state index in [1.165, 1.54) is 12.1 Å². The molecule has 124 valence electrons. The zero-order valence-corrected chi connectivity index (χ0v) is 14.0. The number of nitrogens with two attached hydrogens (primary N) is 1. The van der Waals surface area contributed by atoms with E-state index < -0.39 is 4.92 Å². The van der Waals surface area contributed by atoms with Crippen molar-refractivity contribution in [3.63, 3.8) is 0 Å². The summed E-state index contributed by atoms with van der Waals surface area (Å²) < 4.78 is 0. The highest BCUT2D eigenvalue weighted by atomic mass is 35.5. The number of hydrogen-bond acceptors (Lipinski definition) is 4. The van der Waals surface area contributed by atoms with Crippen LogP contribution in [0.5, 0.6) is 0 Å². The number of nitro groups is 1. The van der Waals surface area contributed by atoms with E-state index in [0.29, 0.717) is 12.5 Å². The molecule has 1 aromatic carbocycles. The van der Waals surface area contributed by atoms with Crippen molar-refractivity contribution in [2.45, 2.75) is 32.7 Å². The summed E-state index contributed by atoms with van der Waals surface area (Å²) in [6, 6.07) is 6.14. The van der Waals surface area contributed by atoms with E-state index >= 15 is 0 Å². The van der Waals surface area contributed by atoms with Gasteiger partial charge in [0.15, 0.2) is 0 Å². The molecule has 0 fully saturated rings. The van der Waals surface area contributed by atoms with Gasteiger partial charge in [0.2, 0.25) is 5.91 Å². The van der Waals surface area contributed by atoms with Gasteiger partial charge in [-0.2, -0.15) is 0 Å². The number of carbonyl (C=O) groups excluding carboxylic acids is 1. The first-order valence-corrected chi connectivity index (χ1v) is 7.04. The lowest BCUT2D eigenvalue weighted by Crippen LogP contribution is -2.35. The van der Waals surface area contributed by atoms with Crippen LogP contribution in [0.15, 0.2) is 24.3 Å². The Hall–Kier alpha value is -1.66. The van der Waals surface area contributed by atoms with Crippen molar-refractivity contribution < 1.29 is 9.72 Å². The number of carbonyl (C=O) groups is 1. The van der Waals surface area contributed by atoms with Crippen LogP contribution < -0.4 is 5.73 Å². The van der Waals surface area contributed by atoms with Crippen molar-refractivity contribution in [3.05, 3.63) is 39.9 Å². The lowest BCUT2D eigenvalue weighted by Gasteiger charge is -2.21. The number of nitrogens with zero attached hydrogens (tertiary/aromatic N) is 2. The van der Waals surface area contributed by atoms with Crippen LogP contribution >= 0.6 is 12.4 Å². The average molecular weight is 330 g/mol. The number of nitro benzene ring substituents is 1. The van der Waals surface area contributed by atoms with Gasteiger partial charge in [0.05, 0.1) is 11.3 Å². The highest BCUT2D eigenvalue weighted by Crippen LogP contribution is 2.13. The predicted molar refractivity (Wildman–Crippen MR) is 89.1 cm³/mol. The number of rotatable bonds is 7. The summed E-state index contributed by atoms with van der Waals surface area (Å²) in [4.78, 5) is 23.8. The average Bonchev–Trinajstić information content (AvgIpc) is 2.44. The molecule has 1 unspecified atom stereocenters. The van der Waals surface area contributed by atoms with Crippen molar-refractivity contribution in [1.82, 2.24) is 4.90 Å². The molecule has 0 aliphatic carbocycles. The smallest absolute Gasteiger partial charge is 0.269 e. The highest BCUT2D eigenvalue weighted by Gasteiger charge is 2.14. The lowest BCUT2D eigenvalue weighted by molar-refractivity contribution is -0.384. The minimum absolute atomic E-state index is 0. The molecule has 22 heavy (non-hydrogen) atoms. The molecule has 7 heteroatoms. The van der Waals surface area contributed by atoms with Crippen molar-refractivity contribution in [2.24, 2.45) is 11.7 Å². The van der Waals surface area contributed by atoms with Gasteiger partial charge in [-0.25, -0.2) is 0 Å². The van der Waals surface area contributed by atoms with Gasteiger partial charge >= 0.3 is 0 Å². The monoisotopic (exact) mass is 329 g/mol. The third-order valence-electron chi connectivity index (χ3n) is 3.58. The first-order valence-electron chi connectivity index (χ1n) is 7.04. The van der Waals surface area contributed by atoms with Gasteiger partial charge in [-0.3, -0.25) is 14.9 Å². The summed E-state index contributed by atoms with van der Waals surface area (Å²) in [6.45, 7) is 4.73. The zero-order chi connectivity index (χ0) is 16.0. The number of hydrogen-bond donors (Lipinski definition) is 1. The number of halogens is 1. The van der Waals surface area contributed by atoms with Crippen LogP contribution in [-0.4, -0.2) is 35.4 Å². The Labute approximate surface area is 137 Å². The fraction of sp³-hybridized carbons (Fsp3) is 0.533. The first kappa shape index (κ1) is 20.3. The van der Waals surface area contributed by atoms with Gasteiger partial charge in [-0.1, -0.05) is 26.0 Å². The molecule has 0 heterocycles. The molecule has 0 aliphatic rings. The van der Waals surface area contributed by atoms with Gasteiger partial charge in [0.1, 0.15) is 0 Å². The number of benzene rings is 1. The van der Waals surface area contributed by atoms with Crippen LogP contribution in [0.25, 0.3) is 0 Å². The summed E-state index contributed by atoms with van der Waals surface area (Å²) in [5, 5.41) is 10.6. The molecule has 6 nitrogen and oxygen atoms in total. The van der Waals surface area contributed by atoms with E-state index in [1.807, 2.05) is 0 Å². The Morgan fingerprint density at radius 1 is 1.32 bits per heavy atom. The molecule has 0 saturated carbocycles. The minimum Gasteiger partial charge on any atom is -0.345 e. The van der Waals surface area contributed by atoms with Crippen molar-refractivity contribution in [1.29, 1.82) is 0 Å². The van der Waals surface area contributed by atoms with Crippen LogP contribution in [0, 0.1) is 16.0 Å². The second-order valence-corrected chi connectivity index (χ2v) is 5.61. The second kappa shape index (κ2) is 9.38. The maximum absolute atomic E-state index is 12.1. The fourth-order valence-corrected chi connectivity index (χ4v) is 1.85. The van der Waals surface area contributed by atoms with E-state index in [9.17, 15) is 14.9 Å². The number of likely N-dealkylation sites (N-methyl/N-ethyl adjacent to an activating group) is 1. The number of non-ortho nitro benzene ring substituents is 1. The van der Waals surface area contributed by atoms with Gasteiger partial charge in [-0.05, 0) is 17.9 Å². The van der Waals surface area contributed by atoms with E-state index in [0.717, 1.165) is 12.0 Å². The quantitative estimate of drug-likeness (QED) is 0.614. The molecule has 1 atom stereocenters. The standard InChI is InChI=1S/C15H23N3O3.ClH/c1-11(2)14(16)8-9-17(3)15(19)10-12-4-6-13(7-5-12)18(20)21;/h4-7,11,14H,8-10,16H2,1-3H3;1H. The number of amides is 1. The maximum Gasteiger partial charge on any atom is 0.269 e. The molecule has 1 rings (SSSR count). The van der Waals surface area contributed by atoms with Crippen LogP contribution in [-0.2, 0) is 11.2 Å². The van der Waals surface area contributed by atoms with Gasteiger partial charge in [0.25, 0.3) is 5.69 Å². The Morgan fingerprint density at radius 3 is 2.32 bits per heavy atom. The molecule has 0 aliphatic heterocycles. The molecular weight excluding hydrogens is 306 g/mol. The Bertz CT molecular complexity index is 491. The largest absolute Gasteiger partial charge is 0.345 e. The van der Waals surface area contributed by atoms with Crippen LogP contribution in [0.3, 0.4) is 0 Å². The fourth-order valence-electron chi connectivity index (χ4n) is 1.85. The maximum atomic E-state index is 12.1. The molecule has 0 spiro atoms. The molecular formula is C15H24ClN3O3. The summed E-state index contributed by atoms with van der Waals surface area (Å²) in [7, 11) is 1.75. The van der Waals surface area contributed by atoms with Crippen molar-refractivity contribution in [3.8, 4) is 0 Å². The molecule has 0 radical (unpaired) electrons. The molecule has 1 aromatic rings. The summed E-state index contributed by atoms with van der Waals surface area (Å²) in [6.07, 6.45) is 1.01. The summed E-state index contributed by atoms with van der Waals surface area (Å²) in [5.74, 6) is 0.378. The third kappa shape index (κ3) is 6.41. The van der Waals surface area contributed by atoms with E-state index in [-0.39, 0.29) is 36.5 Å². The second-order valence-electron chi connectivity index (χ2n) is 5.61. The van der Waals surface area contributed by atoms with Gasteiger partial charge in [0, 0.05) is 31.8 Å². The highest BCUT2D eigenvalue weighted by molar-refractivity contribution is 5.85. The summed E-state index contributed by atoms with van der Waals surface area (Å²) >= 11 is 0. The molecule has 0 aromatic heterocycles. The molecule has 1 amide bonds. The topological polar surface area (TPSA) is 89.5 Å². The minimum atomic E-state index is -0.453. The Balaban J connectivity index is 0.00000441. The first-order chi connectivity index (χ1) is 9.81. The molecule has 0 saturated heterocycles. The third-order valence-corrected chi connectivity index (χ3v) is 3.58. The van der Waals surface area contributed by atoms with E-state index in [2.05, 4.69) is 13.8 Å².